The van der Waals surface area contributed by atoms with E-state index in [-0.39, 0.29) is 100 Å². The van der Waals surface area contributed by atoms with Crippen LogP contribution in [0.5, 0.6) is 0 Å². The van der Waals surface area contributed by atoms with E-state index in [0.717, 1.165) is 42.5 Å². The molecule has 0 aromatic heterocycles. The van der Waals surface area contributed by atoms with Crippen LogP contribution in [-0.4, -0.2) is 105 Å². The van der Waals surface area contributed by atoms with Crippen LogP contribution in [0.2, 0.25) is 0 Å². The van der Waals surface area contributed by atoms with E-state index < -0.39 is 35.6 Å². The van der Waals surface area contributed by atoms with Crippen molar-refractivity contribution < 1.29 is 55.5 Å². The van der Waals surface area contributed by atoms with Crippen LogP contribution in [0.4, 0.5) is 11.4 Å². The second-order valence-electron chi connectivity index (χ2n) is 16.9. The van der Waals surface area contributed by atoms with Gasteiger partial charge in [-0.1, -0.05) is 39.1 Å². The fourth-order valence-corrected chi connectivity index (χ4v) is 9.13. The second kappa shape index (κ2) is 31.4. The highest BCUT2D eigenvalue weighted by molar-refractivity contribution is 8.00. The van der Waals surface area contributed by atoms with Crippen molar-refractivity contribution in [2.75, 3.05) is 36.1 Å². The van der Waals surface area contributed by atoms with Crippen molar-refractivity contribution in [3.8, 4) is 0 Å². The van der Waals surface area contributed by atoms with Crippen LogP contribution in [0.3, 0.4) is 0 Å². The number of thiol groups is 1. The van der Waals surface area contributed by atoms with Crippen LogP contribution in [0.1, 0.15) is 112 Å². The molecule has 20 heteroatoms. The number of rotatable bonds is 16. The Hall–Kier alpha value is -5.86. The molecule has 3 heterocycles. The molecule has 7 N–H and O–H groups in total. The first-order valence-corrected chi connectivity index (χ1v) is 24.4. The van der Waals surface area contributed by atoms with Gasteiger partial charge in [0.05, 0.1) is 11.2 Å². The molecule has 5 aliphatic rings. The number of imide groups is 3. The smallest absolute Gasteiger partial charge is 0.336 e. The van der Waals surface area contributed by atoms with Gasteiger partial charge >= 0.3 is 5.97 Å². The lowest BCUT2D eigenvalue weighted by atomic mass is 9.81. The summed E-state index contributed by atoms with van der Waals surface area (Å²) in [5.41, 5.74) is 20.1. The zero-order valence-electron chi connectivity index (χ0n) is 40.0. The van der Waals surface area contributed by atoms with Gasteiger partial charge in [0.25, 0.3) is 23.6 Å². The van der Waals surface area contributed by atoms with Gasteiger partial charge in [-0.25, -0.2) is 4.79 Å². The SMILES string of the molecule is C.C.NCc1ccc(N)cc1.O=C(ON1C(=O)CCC1=O)C1CCC(CN2C(=O)C=CC2=O)CC1.[2H]C(=O)CCS.[2H]C(=O)CCSC1CC(=O)N(CC2CCC(C(=O)NCc3ccc(N)cc3)CC2)C1=O. The highest BCUT2D eigenvalue weighted by Crippen LogP contribution is 2.34. The van der Waals surface area contributed by atoms with Crippen LogP contribution < -0.4 is 22.5 Å². The van der Waals surface area contributed by atoms with Crippen molar-refractivity contribution in [2.45, 2.75) is 117 Å². The van der Waals surface area contributed by atoms with Crippen LogP contribution in [0.15, 0.2) is 60.7 Å². The Bertz CT molecular complexity index is 2190. The van der Waals surface area contributed by atoms with Gasteiger partial charge in [-0.15, -0.1) is 16.8 Å². The van der Waals surface area contributed by atoms with E-state index >= 15 is 0 Å². The number of hydroxylamine groups is 2. The summed E-state index contributed by atoms with van der Waals surface area (Å²) in [5.74, 6) is -1.61. The molecule has 7 rings (SSSR count). The van der Waals surface area contributed by atoms with Crippen molar-refractivity contribution in [1.82, 2.24) is 20.2 Å². The number of anilines is 2. The number of hydrogen-bond donors (Lipinski definition) is 5. The number of carbonyl (C=O) groups is 10. The summed E-state index contributed by atoms with van der Waals surface area (Å²) in [4.78, 5) is 123. The molecule has 2 saturated heterocycles. The Balaban J connectivity index is 0.000000381. The van der Waals surface area contributed by atoms with Crippen LogP contribution in [0, 0.1) is 23.7 Å². The van der Waals surface area contributed by atoms with Gasteiger partial charge in [0.2, 0.25) is 17.7 Å². The summed E-state index contributed by atoms with van der Waals surface area (Å²) in [5, 5.41) is 3.11. The third kappa shape index (κ3) is 19.1. The second-order valence-corrected chi connectivity index (χ2v) is 18.6. The van der Waals surface area contributed by atoms with Crippen molar-refractivity contribution in [2.24, 2.45) is 29.4 Å². The van der Waals surface area contributed by atoms with Gasteiger partial charge < -0.3 is 36.9 Å². The molecule has 2 aromatic carbocycles. The molecular weight excluding hydrogens is 939 g/mol. The third-order valence-corrected chi connectivity index (χ3v) is 13.4. The van der Waals surface area contributed by atoms with Gasteiger partial charge in [-0.2, -0.15) is 12.6 Å². The zero-order chi connectivity index (χ0) is 51.3. The molecule has 3 aliphatic heterocycles. The number of nitrogens with zero attached hydrogens (tertiary/aromatic N) is 3. The quantitative estimate of drug-likeness (QED) is 0.0643. The number of amides is 7. The molecule has 0 bridgehead atoms. The van der Waals surface area contributed by atoms with E-state index in [1.165, 1.54) is 33.7 Å². The fraction of sp³-hybridized carbons (Fsp3) is 0.520. The maximum Gasteiger partial charge on any atom is 0.336 e. The third-order valence-electron chi connectivity index (χ3n) is 12.0. The van der Waals surface area contributed by atoms with Gasteiger partial charge in [0, 0.05) is 93.5 Å². The Kier molecular flexibility index (Phi) is 25.4. The first-order chi connectivity index (χ1) is 33.4. The molecule has 384 valence electrons. The van der Waals surface area contributed by atoms with Crippen molar-refractivity contribution in [3.63, 3.8) is 0 Å². The van der Waals surface area contributed by atoms with E-state index in [4.69, 9.17) is 24.8 Å². The van der Waals surface area contributed by atoms with Crippen LogP contribution in [-0.2, 0) is 65.9 Å². The van der Waals surface area contributed by atoms with Crippen LogP contribution in [0.25, 0.3) is 0 Å². The predicted octanol–water partition coefficient (Wildman–Crippen LogP) is 4.97. The largest absolute Gasteiger partial charge is 0.399 e. The summed E-state index contributed by atoms with van der Waals surface area (Å²) >= 11 is 5.01. The molecule has 0 radical (unpaired) electrons. The van der Waals surface area contributed by atoms with E-state index in [9.17, 15) is 47.9 Å². The summed E-state index contributed by atoms with van der Waals surface area (Å²) in [6.07, 6.45) is 7.56. The zero-order valence-corrected chi connectivity index (χ0v) is 39.7. The minimum Gasteiger partial charge on any atom is -0.399 e. The average Bonchev–Trinajstić information content (AvgIpc) is 3.93. The number of thioether (sulfide) groups is 1. The molecule has 1 atom stereocenters. The fourth-order valence-electron chi connectivity index (χ4n) is 8.02. The Morgan fingerprint density at radius 3 is 1.67 bits per heavy atom. The standard InChI is InChI=1S/C22H29N3O4S.C16H18N2O6.C7H10N2.C3H6OS.2CH4/c23-18-8-4-15(5-9-18)13-24-21(28)17-6-2-16(3-7-17)14-25-20(27)12-19(22(25)29)30-11-1-10-26;19-12-5-6-13(20)17(12)9-10-1-3-11(4-2-10)16(23)24-18-14(21)7-8-15(18)22;8-5-6-1-3-7(9)4-2-6;4-2-1-3-5;;/h4-5,8-10,16-17,19H,1-3,6-7,11-14,23H2,(H,24,28);5-6,10-11H,1-4,7-9H2;1-4H,5,8-9H2;2,5H,1,3H2;2*1H4/i10D;;;2D;;. The van der Waals surface area contributed by atoms with Gasteiger partial charge in [0.1, 0.15) is 15.3 Å². The van der Waals surface area contributed by atoms with Crippen molar-refractivity contribution >= 4 is 95.6 Å². The van der Waals surface area contributed by atoms with Crippen molar-refractivity contribution in [3.05, 3.63) is 71.8 Å². The maximum atomic E-state index is 12.6. The minimum absolute atomic E-state index is 0. The minimum atomic E-state index is -0.657. The first kappa shape index (κ1) is 56.7. The number of nitrogen functional groups attached to an aromatic ring is 2. The predicted molar refractivity (Wildman–Crippen MR) is 272 cm³/mol. The molecule has 0 spiro atoms. The number of likely N-dealkylation sites (tertiary alicyclic amines) is 1. The van der Waals surface area contributed by atoms with Gasteiger partial charge in [-0.3, -0.25) is 43.4 Å². The Morgan fingerprint density at radius 1 is 0.714 bits per heavy atom. The summed E-state index contributed by atoms with van der Waals surface area (Å²) in [6.45, 7) is 1.82. The monoisotopic (exact) mass is 1010 g/mol. The maximum absolute atomic E-state index is 12.6. The number of aldehydes is 2. The lowest BCUT2D eigenvalue weighted by Gasteiger charge is -2.30. The molecular formula is C50H71N7O11S2. The highest BCUT2D eigenvalue weighted by atomic mass is 32.2. The number of benzene rings is 2. The highest BCUT2D eigenvalue weighted by Gasteiger charge is 2.41. The molecule has 7 amide bonds. The van der Waals surface area contributed by atoms with Crippen molar-refractivity contribution in [1.29, 1.82) is 0 Å². The van der Waals surface area contributed by atoms with E-state index in [1.807, 2.05) is 48.5 Å². The first-order valence-electron chi connectivity index (χ1n) is 23.7. The molecule has 2 aromatic rings. The van der Waals surface area contributed by atoms with Crippen LogP contribution >= 0.6 is 24.4 Å². The van der Waals surface area contributed by atoms with E-state index in [1.54, 1.807) is 0 Å². The Labute approximate surface area is 423 Å². The molecule has 70 heavy (non-hydrogen) atoms. The average molecular weight is 1010 g/mol. The molecule has 4 fully saturated rings. The number of carbonyl (C=O) groups excluding carboxylic acids is 10. The normalized spacial score (nSPS) is 21.9. The lowest BCUT2D eigenvalue weighted by Crippen LogP contribution is -2.38. The van der Waals surface area contributed by atoms with Gasteiger partial charge in [-0.05, 0) is 104 Å². The lowest BCUT2D eigenvalue weighted by molar-refractivity contribution is -0.201. The Morgan fingerprint density at radius 2 is 1.20 bits per heavy atom. The van der Waals surface area contributed by atoms with Gasteiger partial charge in [0.15, 0.2) is 0 Å². The number of nitrogens with one attached hydrogen (secondary N) is 1. The van der Waals surface area contributed by atoms with E-state index in [2.05, 4.69) is 17.9 Å². The molecule has 1 unspecified atom stereocenters. The number of hydrogen-bond acceptors (Lipinski definition) is 16. The van der Waals surface area contributed by atoms with E-state index in [0.29, 0.717) is 74.1 Å². The molecule has 2 aliphatic carbocycles. The number of nitrogens with two attached hydrogens (primary N) is 3. The molecule has 18 nitrogen and oxygen atoms in total. The summed E-state index contributed by atoms with van der Waals surface area (Å²) in [7, 11) is 0. The molecule has 2 saturated carbocycles. The topological polar surface area (TPSA) is 280 Å². The summed E-state index contributed by atoms with van der Waals surface area (Å²) in [6, 6.07) is 15.0. The summed E-state index contributed by atoms with van der Waals surface area (Å²) < 4.78 is 13.2.